The molecule has 1 fully saturated rings. The lowest BCUT2D eigenvalue weighted by molar-refractivity contribution is -0.255. The number of methoxy groups -OCH3 is 2. The maximum Gasteiger partial charge on any atom is 0.270 e. The Balaban J connectivity index is 1.73. The number of hydrogen-bond donors (Lipinski definition) is 1. The number of carboxylic acids is 1. The molecule has 0 bridgehead atoms. The second-order valence-corrected chi connectivity index (χ2v) is 7.52. The molecule has 0 unspecified atom stereocenters. The fourth-order valence-electron chi connectivity index (χ4n) is 3.50. The van der Waals surface area contributed by atoms with Gasteiger partial charge >= 0.3 is 0 Å². The van der Waals surface area contributed by atoms with Crippen molar-refractivity contribution in [2.24, 2.45) is 0 Å². The molecule has 0 radical (unpaired) electrons. The molecule has 0 saturated carbocycles. The first-order chi connectivity index (χ1) is 16.3. The summed E-state index contributed by atoms with van der Waals surface area (Å²) in [6.45, 7) is 0. The summed E-state index contributed by atoms with van der Waals surface area (Å²) in [5.41, 5.74) is 1.40. The summed E-state index contributed by atoms with van der Waals surface area (Å²) in [5, 5.41) is 13.5. The highest BCUT2D eigenvalue weighted by molar-refractivity contribution is 7.80. The molecule has 3 aromatic rings. The number of hydrogen-bond acceptors (Lipinski definition) is 7. The van der Waals surface area contributed by atoms with E-state index < -0.39 is 17.8 Å². The van der Waals surface area contributed by atoms with Crippen LogP contribution in [0.3, 0.4) is 0 Å². The highest BCUT2D eigenvalue weighted by Crippen LogP contribution is 2.34. The molecule has 1 N–H and O–H groups in total. The van der Waals surface area contributed by atoms with E-state index >= 15 is 0 Å². The minimum absolute atomic E-state index is 0.0373. The topological polar surface area (TPSA) is 113 Å². The average Bonchev–Trinajstić information content (AvgIpc) is 3.30. The molecule has 0 spiro atoms. The Hall–Kier alpha value is -4.44. The number of thiocarbonyl (C=S) groups is 1. The van der Waals surface area contributed by atoms with Crippen molar-refractivity contribution in [1.82, 2.24) is 9.88 Å². The lowest BCUT2D eigenvalue weighted by Crippen LogP contribution is -2.54. The molecule has 2 aromatic carbocycles. The number of aromatic carboxylic acids is 1. The summed E-state index contributed by atoms with van der Waals surface area (Å²) >= 11 is 5.27. The summed E-state index contributed by atoms with van der Waals surface area (Å²) in [6, 6.07) is 14.3. The number of benzene rings is 2. The average molecular weight is 476 g/mol. The second kappa shape index (κ2) is 9.20. The van der Waals surface area contributed by atoms with Gasteiger partial charge in [-0.1, -0.05) is 12.1 Å². The SMILES string of the molecule is COc1ccc(N2C(=O)/C(=C/c3cccn3-c3ccc(C(=O)[O-])cc3)C(=O)NC2=S)c(OC)c1. The van der Waals surface area contributed by atoms with Gasteiger partial charge in [0.15, 0.2) is 5.11 Å². The van der Waals surface area contributed by atoms with Gasteiger partial charge in [-0.05, 0) is 60.3 Å². The summed E-state index contributed by atoms with van der Waals surface area (Å²) < 4.78 is 12.3. The largest absolute Gasteiger partial charge is 0.545 e. The Kier molecular flexibility index (Phi) is 6.15. The number of carbonyl (C=O) groups excluding carboxylic acids is 3. The lowest BCUT2D eigenvalue weighted by Gasteiger charge is -2.30. The van der Waals surface area contributed by atoms with E-state index in [1.807, 2.05) is 0 Å². The van der Waals surface area contributed by atoms with Gasteiger partial charge < -0.3 is 23.9 Å². The van der Waals surface area contributed by atoms with E-state index in [1.54, 1.807) is 53.2 Å². The van der Waals surface area contributed by atoms with E-state index in [4.69, 9.17) is 21.7 Å². The summed E-state index contributed by atoms with van der Waals surface area (Å²) in [6.07, 6.45) is 3.16. The minimum Gasteiger partial charge on any atom is -0.545 e. The summed E-state index contributed by atoms with van der Waals surface area (Å²) in [4.78, 5) is 38.3. The zero-order chi connectivity index (χ0) is 24.4. The normalized spacial score (nSPS) is 14.8. The molecule has 1 aromatic heterocycles. The molecule has 10 heteroatoms. The monoisotopic (exact) mass is 476 g/mol. The third-order valence-corrected chi connectivity index (χ3v) is 5.47. The molecular formula is C24H18N3O6S-. The van der Waals surface area contributed by atoms with Crippen LogP contribution < -0.4 is 24.8 Å². The highest BCUT2D eigenvalue weighted by atomic mass is 32.1. The number of rotatable bonds is 6. The molecule has 9 nitrogen and oxygen atoms in total. The van der Waals surface area contributed by atoms with E-state index in [0.29, 0.717) is 28.6 Å². The molecule has 1 aliphatic rings. The number of carboxylic acid groups (broad SMARTS) is 1. The van der Waals surface area contributed by atoms with Crippen LogP contribution in [0.4, 0.5) is 5.69 Å². The minimum atomic E-state index is -1.28. The van der Waals surface area contributed by atoms with Gasteiger partial charge in [-0.3, -0.25) is 14.9 Å². The number of nitrogens with one attached hydrogen (secondary N) is 1. The van der Waals surface area contributed by atoms with Crippen molar-refractivity contribution >= 4 is 46.9 Å². The van der Waals surface area contributed by atoms with Crippen LogP contribution in [0.15, 0.2) is 66.4 Å². The van der Waals surface area contributed by atoms with Crippen molar-refractivity contribution in [2.45, 2.75) is 0 Å². The van der Waals surface area contributed by atoms with E-state index in [-0.39, 0.29) is 16.2 Å². The van der Waals surface area contributed by atoms with Gasteiger partial charge in [-0.15, -0.1) is 0 Å². The van der Waals surface area contributed by atoms with Crippen molar-refractivity contribution in [1.29, 1.82) is 0 Å². The lowest BCUT2D eigenvalue weighted by atomic mass is 10.1. The molecule has 2 amide bonds. The molecule has 172 valence electrons. The maximum atomic E-state index is 13.4. The van der Waals surface area contributed by atoms with Crippen LogP contribution in [0.5, 0.6) is 11.5 Å². The molecule has 1 saturated heterocycles. The Morgan fingerprint density at radius 2 is 1.79 bits per heavy atom. The Morgan fingerprint density at radius 3 is 2.44 bits per heavy atom. The molecule has 2 heterocycles. The predicted octanol–water partition coefficient (Wildman–Crippen LogP) is 1.69. The summed E-state index contributed by atoms with van der Waals surface area (Å²) in [7, 11) is 2.96. The van der Waals surface area contributed by atoms with Crippen LogP contribution in [0.25, 0.3) is 11.8 Å². The quantitative estimate of drug-likeness (QED) is 0.327. The van der Waals surface area contributed by atoms with Crippen molar-refractivity contribution in [3.8, 4) is 17.2 Å². The van der Waals surface area contributed by atoms with Gasteiger partial charge in [0.2, 0.25) is 0 Å². The van der Waals surface area contributed by atoms with Crippen molar-refractivity contribution in [3.63, 3.8) is 0 Å². The zero-order valence-electron chi connectivity index (χ0n) is 18.1. The predicted molar refractivity (Wildman–Crippen MR) is 126 cm³/mol. The van der Waals surface area contributed by atoms with E-state index in [9.17, 15) is 19.5 Å². The van der Waals surface area contributed by atoms with Gasteiger partial charge in [-0.25, -0.2) is 4.90 Å². The standard InChI is InChI=1S/C24H19N3O6S/c1-32-17-9-10-19(20(13-17)33-2)27-22(29)18(21(28)25-24(27)34)12-16-4-3-11-26(16)15-7-5-14(6-8-15)23(30)31/h3-13H,1-2H3,(H,30,31)(H,25,28,34)/p-1/b18-12+. The number of ether oxygens (including phenoxy) is 2. The Labute approximate surface area is 199 Å². The maximum absolute atomic E-state index is 13.4. The highest BCUT2D eigenvalue weighted by Gasteiger charge is 2.36. The first kappa shape index (κ1) is 22.7. The van der Waals surface area contributed by atoms with Crippen LogP contribution in [0.2, 0.25) is 0 Å². The molecule has 4 rings (SSSR count). The van der Waals surface area contributed by atoms with E-state index in [2.05, 4.69) is 5.32 Å². The van der Waals surface area contributed by atoms with Crippen LogP contribution >= 0.6 is 12.2 Å². The van der Waals surface area contributed by atoms with Gasteiger partial charge in [0, 0.05) is 23.6 Å². The number of anilines is 1. The third-order valence-electron chi connectivity index (χ3n) is 5.18. The smallest absolute Gasteiger partial charge is 0.270 e. The molecule has 1 aliphatic heterocycles. The Morgan fingerprint density at radius 1 is 1.06 bits per heavy atom. The number of aromatic nitrogens is 1. The summed E-state index contributed by atoms with van der Waals surface area (Å²) in [5.74, 6) is -1.69. The van der Waals surface area contributed by atoms with E-state index in [0.717, 1.165) is 0 Å². The van der Waals surface area contributed by atoms with E-state index in [1.165, 1.54) is 37.3 Å². The van der Waals surface area contributed by atoms with Crippen molar-refractivity contribution in [3.05, 3.63) is 77.6 Å². The van der Waals surface area contributed by atoms with Gasteiger partial charge in [-0.2, -0.15) is 0 Å². The van der Waals surface area contributed by atoms with Crippen molar-refractivity contribution < 1.29 is 29.0 Å². The number of amides is 2. The number of nitrogens with zero attached hydrogens (tertiary/aromatic N) is 2. The Bertz CT molecular complexity index is 1340. The van der Waals surface area contributed by atoms with Crippen LogP contribution in [0.1, 0.15) is 16.1 Å². The fraction of sp³-hybridized carbons (Fsp3) is 0.0833. The molecular weight excluding hydrogens is 458 g/mol. The molecule has 0 atom stereocenters. The fourth-order valence-corrected chi connectivity index (χ4v) is 3.77. The van der Waals surface area contributed by atoms with Crippen LogP contribution in [-0.4, -0.2) is 41.7 Å². The first-order valence-electron chi connectivity index (χ1n) is 9.96. The zero-order valence-corrected chi connectivity index (χ0v) is 18.9. The third kappa shape index (κ3) is 4.14. The van der Waals surface area contributed by atoms with Crippen LogP contribution in [-0.2, 0) is 9.59 Å². The van der Waals surface area contributed by atoms with Crippen LogP contribution in [0, 0.1) is 0 Å². The van der Waals surface area contributed by atoms with Gasteiger partial charge in [0.25, 0.3) is 11.8 Å². The van der Waals surface area contributed by atoms with Gasteiger partial charge in [0.1, 0.15) is 17.1 Å². The van der Waals surface area contributed by atoms with Crippen molar-refractivity contribution in [2.75, 3.05) is 19.1 Å². The first-order valence-corrected chi connectivity index (χ1v) is 10.4. The second-order valence-electron chi connectivity index (χ2n) is 7.13. The molecule has 0 aliphatic carbocycles. The molecule has 34 heavy (non-hydrogen) atoms. The van der Waals surface area contributed by atoms with Gasteiger partial charge in [0.05, 0.1) is 25.9 Å². The number of carbonyl (C=O) groups is 3.